The van der Waals surface area contributed by atoms with E-state index in [0.29, 0.717) is 28.2 Å². The number of rotatable bonds is 7. The molecular formula is C29H31F4N3O2. The first kappa shape index (κ1) is 27.6. The molecule has 9 heteroatoms. The van der Waals surface area contributed by atoms with Crippen molar-refractivity contribution in [1.29, 1.82) is 0 Å². The zero-order valence-corrected chi connectivity index (χ0v) is 21.6. The van der Waals surface area contributed by atoms with Crippen molar-refractivity contribution in [1.82, 2.24) is 4.98 Å². The van der Waals surface area contributed by atoms with Crippen LogP contribution in [0, 0.1) is 12.7 Å². The third kappa shape index (κ3) is 5.38. The first-order valence-corrected chi connectivity index (χ1v) is 12.6. The van der Waals surface area contributed by atoms with Crippen LogP contribution in [-0.4, -0.2) is 35.2 Å². The Morgan fingerprint density at radius 2 is 1.87 bits per heavy atom. The lowest BCUT2D eigenvalue weighted by Gasteiger charge is -2.29. The first-order chi connectivity index (χ1) is 18.0. The van der Waals surface area contributed by atoms with Crippen molar-refractivity contribution in [3.63, 3.8) is 0 Å². The number of carbonyl (C=O) groups excluding carboxylic acids is 1. The fourth-order valence-electron chi connectivity index (χ4n) is 4.98. The van der Waals surface area contributed by atoms with Crippen molar-refractivity contribution in [3.05, 3.63) is 77.2 Å². The predicted octanol–water partition coefficient (Wildman–Crippen LogP) is 6.48. The maximum Gasteiger partial charge on any atom is 0.416 e. The zero-order valence-electron chi connectivity index (χ0n) is 21.6. The van der Waals surface area contributed by atoms with Gasteiger partial charge in [0.15, 0.2) is 0 Å². The summed E-state index contributed by atoms with van der Waals surface area (Å²) < 4.78 is 54.0. The number of aryl methyl sites for hydroxylation is 1. The standard InChI is InChI=1S/C29H31F4N3O2/c1-4-28(3,19-7-5-8-20(14-19)29(31,32)33)27(38)35-25-16-34-26(36-12-6-9-22(36)17-37)15-24(25)23-11-10-21(30)13-18(23)2/h5,7-8,10-11,13-16,22,37H,4,6,9,12,17H2,1-3H3,(H,35,38). The number of anilines is 2. The summed E-state index contributed by atoms with van der Waals surface area (Å²) in [6.07, 6.45) is -1.03. The first-order valence-electron chi connectivity index (χ1n) is 12.6. The largest absolute Gasteiger partial charge is 0.416 e. The second-order valence-corrected chi connectivity index (χ2v) is 9.94. The summed E-state index contributed by atoms with van der Waals surface area (Å²) in [4.78, 5) is 20.2. The third-order valence-corrected chi connectivity index (χ3v) is 7.53. The lowest BCUT2D eigenvalue weighted by molar-refractivity contribution is -0.137. The minimum Gasteiger partial charge on any atom is -0.394 e. The quantitative estimate of drug-likeness (QED) is 0.344. The van der Waals surface area contributed by atoms with E-state index in [-0.39, 0.29) is 24.6 Å². The normalized spacial score (nSPS) is 17.4. The highest BCUT2D eigenvalue weighted by molar-refractivity contribution is 6.02. The second-order valence-electron chi connectivity index (χ2n) is 9.94. The van der Waals surface area contributed by atoms with E-state index in [2.05, 4.69) is 10.3 Å². The summed E-state index contributed by atoms with van der Waals surface area (Å²) in [5.41, 5.74) is 0.467. The number of alkyl halides is 3. The summed E-state index contributed by atoms with van der Waals surface area (Å²) in [7, 11) is 0. The van der Waals surface area contributed by atoms with E-state index in [1.807, 2.05) is 4.90 Å². The number of aliphatic hydroxyl groups is 1. The second kappa shape index (κ2) is 10.7. The van der Waals surface area contributed by atoms with E-state index in [1.165, 1.54) is 30.5 Å². The van der Waals surface area contributed by atoms with E-state index in [0.717, 1.165) is 31.5 Å². The van der Waals surface area contributed by atoms with Gasteiger partial charge in [-0.1, -0.05) is 31.2 Å². The monoisotopic (exact) mass is 529 g/mol. The molecule has 1 aliphatic rings. The molecule has 38 heavy (non-hydrogen) atoms. The number of hydrogen-bond donors (Lipinski definition) is 2. The third-order valence-electron chi connectivity index (χ3n) is 7.53. The molecule has 1 saturated heterocycles. The van der Waals surface area contributed by atoms with Gasteiger partial charge in [0.25, 0.3) is 0 Å². The van der Waals surface area contributed by atoms with Crippen molar-refractivity contribution in [2.45, 2.75) is 57.7 Å². The van der Waals surface area contributed by atoms with Gasteiger partial charge in [-0.05, 0) is 74.1 Å². The molecule has 2 unspecified atom stereocenters. The Bertz CT molecular complexity index is 1330. The van der Waals surface area contributed by atoms with Crippen LogP contribution in [-0.2, 0) is 16.4 Å². The number of nitrogens with zero attached hydrogens (tertiary/aromatic N) is 2. The van der Waals surface area contributed by atoms with Gasteiger partial charge in [-0.3, -0.25) is 4.79 Å². The van der Waals surface area contributed by atoms with E-state index < -0.39 is 28.9 Å². The maximum absolute atomic E-state index is 13.9. The topological polar surface area (TPSA) is 65.5 Å². The van der Waals surface area contributed by atoms with Crippen LogP contribution in [0.15, 0.2) is 54.7 Å². The van der Waals surface area contributed by atoms with Gasteiger partial charge in [0.1, 0.15) is 11.6 Å². The number of carbonyl (C=O) groups is 1. The highest BCUT2D eigenvalue weighted by atomic mass is 19.4. The molecule has 4 rings (SSSR count). The van der Waals surface area contributed by atoms with Crippen molar-refractivity contribution < 1.29 is 27.5 Å². The molecule has 1 fully saturated rings. The van der Waals surface area contributed by atoms with Crippen LogP contribution >= 0.6 is 0 Å². The zero-order chi connectivity index (χ0) is 27.7. The average molecular weight is 530 g/mol. The van der Waals surface area contributed by atoms with Gasteiger partial charge in [0, 0.05) is 12.1 Å². The van der Waals surface area contributed by atoms with E-state index in [9.17, 15) is 27.5 Å². The number of benzene rings is 2. The molecule has 1 aliphatic heterocycles. The Hall–Kier alpha value is -3.46. The van der Waals surface area contributed by atoms with E-state index >= 15 is 0 Å². The molecule has 5 nitrogen and oxygen atoms in total. The Balaban J connectivity index is 1.76. The van der Waals surface area contributed by atoms with Crippen molar-refractivity contribution in [2.24, 2.45) is 0 Å². The fraction of sp³-hybridized carbons (Fsp3) is 0.379. The Labute approximate surface area is 219 Å². The summed E-state index contributed by atoms with van der Waals surface area (Å²) in [6.45, 7) is 5.81. The summed E-state index contributed by atoms with van der Waals surface area (Å²) in [5, 5.41) is 12.7. The molecule has 0 aliphatic carbocycles. The van der Waals surface area contributed by atoms with Gasteiger partial charge in [0.2, 0.25) is 5.91 Å². The Kier molecular flexibility index (Phi) is 7.78. The number of aromatic nitrogens is 1. The Morgan fingerprint density at radius 3 is 2.53 bits per heavy atom. The van der Waals surface area contributed by atoms with E-state index in [4.69, 9.17) is 0 Å². The molecule has 3 aromatic rings. The number of halogens is 4. The van der Waals surface area contributed by atoms with Crippen LogP contribution in [0.4, 0.5) is 29.1 Å². The molecule has 0 saturated carbocycles. The molecule has 0 radical (unpaired) electrons. The SMILES string of the molecule is CCC(C)(C(=O)Nc1cnc(N2CCCC2CO)cc1-c1ccc(F)cc1C)c1cccc(C(F)(F)F)c1. The Morgan fingerprint density at radius 1 is 1.13 bits per heavy atom. The smallest absolute Gasteiger partial charge is 0.394 e. The summed E-state index contributed by atoms with van der Waals surface area (Å²) in [6, 6.07) is 10.9. The number of aliphatic hydroxyl groups excluding tert-OH is 1. The molecule has 0 spiro atoms. The van der Waals surface area contributed by atoms with Gasteiger partial charge < -0.3 is 15.3 Å². The van der Waals surface area contributed by atoms with Crippen molar-refractivity contribution in [3.8, 4) is 11.1 Å². The molecule has 1 amide bonds. The van der Waals surface area contributed by atoms with Crippen LogP contribution < -0.4 is 10.2 Å². The highest BCUT2D eigenvalue weighted by Crippen LogP contribution is 2.38. The summed E-state index contributed by atoms with van der Waals surface area (Å²) >= 11 is 0. The lowest BCUT2D eigenvalue weighted by atomic mass is 9.78. The van der Waals surface area contributed by atoms with Crippen LogP contribution in [0.2, 0.25) is 0 Å². The van der Waals surface area contributed by atoms with Gasteiger partial charge >= 0.3 is 6.18 Å². The van der Waals surface area contributed by atoms with Crippen LogP contribution in [0.3, 0.4) is 0 Å². The van der Waals surface area contributed by atoms with E-state index in [1.54, 1.807) is 32.9 Å². The van der Waals surface area contributed by atoms with Crippen molar-refractivity contribution >= 4 is 17.4 Å². The highest BCUT2D eigenvalue weighted by Gasteiger charge is 2.37. The van der Waals surface area contributed by atoms with Crippen LogP contribution in [0.1, 0.15) is 49.8 Å². The van der Waals surface area contributed by atoms with Gasteiger partial charge in [0.05, 0.1) is 35.5 Å². The molecule has 1 aromatic heterocycles. The number of hydrogen-bond acceptors (Lipinski definition) is 4. The molecular weight excluding hydrogens is 498 g/mol. The maximum atomic E-state index is 13.9. The average Bonchev–Trinajstić information content (AvgIpc) is 3.37. The number of nitrogens with one attached hydrogen (secondary N) is 1. The molecule has 2 heterocycles. The molecule has 2 N–H and O–H groups in total. The molecule has 202 valence electrons. The lowest BCUT2D eigenvalue weighted by Crippen LogP contribution is -2.37. The van der Waals surface area contributed by atoms with Gasteiger partial charge in [-0.25, -0.2) is 9.37 Å². The van der Waals surface area contributed by atoms with Crippen LogP contribution in [0.25, 0.3) is 11.1 Å². The number of amides is 1. The van der Waals surface area contributed by atoms with Gasteiger partial charge in [-0.15, -0.1) is 0 Å². The summed E-state index contributed by atoms with van der Waals surface area (Å²) in [5.74, 6) is -0.257. The molecule has 0 bridgehead atoms. The predicted molar refractivity (Wildman–Crippen MR) is 140 cm³/mol. The molecule has 2 atom stereocenters. The molecule has 2 aromatic carbocycles. The van der Waals surface area contributed by atoms with Gasteiger partial charge in [-0.2, -0.15) is 13.2 Å². The fourth-order valence-corrected chi connectivity index (χ4v) is 4.98. The van der Waals surface area contributed by atoms with Crippen molar-refractivity contribution in [2.75, 3.05) is 23.4 Å². The minimum absolute atomic E-state index is 0.0169. The van der Waals surface area contributed by atoms with Crippen LogP contribution in [0.5, 0.6) is 0 Å². The minimum atomic E-state index is -4.53. The number of pyridine rings is 1.